The van der Waals surface area contributed by atoms with Gasteiger partial charge in [0.2, 0.25) is 0 Å². The summed E-state index contributed by atoms with van der Waals surface area (Å²) in [6, 6.07) is 13.9. The number of carbonyl (C=O) groups excluding carboxylic acids is 4. The van der Waals surface area contributed by atoms with E-state index < -0.39 is 73.3 Å². The molecule has 13 nitrogen and oxygen atoms in total. The molecule has 230 valence electrons. The number of carboxylic acids is 1. The fourth-order valence-corrected chi connectivity index (χ4v) is 5.25. The molecule has 0 aromatic heterocycles. The number of alkyl carbamates (subject to hydrolysis) is 1. The molecule has 0 spiro atoms. The van der Waals surface area contributed by atoms with Gasteiger partial charge in [0.1, 0.15) is 6.61 Å². The normalized spacial score (nSPS) is 23.2. The highest BCUT2D eigenvalue weighted by molar-refractivity contribution is 5.81. The fourth-order valence-electron chi connectivity index (χ4n) is 5.25. The molecular formula is C30H33NO12. The number of carbonyl (C=O) groups is 5. The van der Waals surface area contributed by atoms with Crippen molar-refractivity contribution >= 4 is 30.0 Å². The van der Waals surface area contributed by atoms with E-state index in [4.69, 9.17) is 28.4 Å². The predicted molar refractivity (Wildman–Crippen MR) is 147 cm³/mol. The van der Waals surface area contributed by atoms with E-state index in [1.807, 2.05) is 48.5 Å². The maximum Gasteiger partial charge on any atom is 0.407 e. The lowest BCUT2D eigenvalue weighted by Gasteiger charge is -2.43. The lowest BCUT2D eigenvalue weighted by molar-refractivity contribution is -0.301. The average molecular weight is 600 g/mol. The van der Waals surface area contributed by atoms with Crippen LogP contribution in [-0.2, 0) is 47.6 Å². The summed E-state index contributed by atoms with van der Waals surface area (Å²) in [5, 5.41) is 12.0. The molecule has 6 atom stereocenters. The summed E-state index contributed by atoms with van der Waals surface area (Å²) < 4.78 is 32.7. The fraction of sp³-hybridized carbons (Fsp3) is 0.433. The van der Waals surface area contributed by atoms with Crippen molar-refractivity contribution in [3.63, 3.8) is 0 Å². The minimum atomic E-state index is -1.59. The number of hydrogen-bond donors (Lipinski definition) is 2. The molecule has 1 heterocycles. The van der Waals surface area contributed by atoms with Crippen molar-refractivity contribution in [3.8, 4) is 11.1 Å². The summed E-state index contributed by atoms with van der Waals surface area (Å²) in [6.07, 6.45) is -7.24. The molecule has 4 rings (SSSR count). The van der Waals surface area contributed by atoms with Crippen LogP contribution in [0.4, 0.5) is 4.79 Å². The van der Waals surface area contributed by atoms with Gasteiger partial charge in [-0.05, 0) is 29.2 Å². The second-order valence-corrected chi connectivity index (χ2v) is 10.1. The highest BCUT2D eigenvalue weighted by Crippen LogP contribution is 2.44. The minimum absolute atomic E-state index is 0.0353. The Morgan fingerprint density at radius 2 is 1.33 bits per heavy atom. The summed E-state index contributed by atoms with van der Waals surface area (Å²) in [7, 11) is 0. The van der Waals surface area contributed by atoms with Gasteiger partial charge < -0.3 is 38.8 Å². The van der Waals surface area contributed by atoms with Crippen molar-refractivity contribution < 1.29 is 57.5 Å². The predicted octanol–water partition coefficient (Wildman–Crippen LogP) is 2.53. The molecule has 0 bridgehead atoms. The van der Waals surface area contributed by atoms with E-state index in [9.17, 15) is 29.1 Å². The Morgan fingerprint density at radius 3 is 1.86 bits per heavy atom. The Morgan fingerprint density at radius 1 is 0.814 bits per heavy atom. The van der Waals surface area contributed by atoms with E-state index in [2.05, 4.69) is 5.32 Å². The largest absolute Gasteiger partial charge is 0.480 e. The molecule has 1 aliphatic heterocycles. The van der Waals surface area contributed by atoms with Crippen LogP contribution in [0.5, 0.6) is 0 Å². The summed E-state index contributed by atoms with van der Waals surface area (Å²) in [6.45, 7) is 4.19. The lowest BCUT2D eigenvalue weighted by atomic mass is 9.98. The number of ether oxygens (including phenoxy) is 6. The standard InChI is InChI=1S/C30H33NO12/c1-15-25(41-16(2)32)26(42-17(3)33)27(43-18(4)34)29(40-15)38-14-24(28(35)36)31-30(37)39-13-23-21-11-7-5-9-19(21)20-10-6-8-12-22(20)23/h5-12,15,23-27,29H,13-14H2,1-4H3,(H,31,37)(H,35,36)/t15-,24-,25+,26+,27-,29+/m0/s1. The van der Waals surface area contributed by atoms with Crippen molar-refractivity contribution in [2.45, 2.75) is 70.4 Å². The zero-order valence-corrected chi connectivity index (χ0v) is 24.0. The minimum Gasteiger partial charge on any atom is -0.480 e. The number of rotatable bonds is 10. The van der Waals surface area contributed by atoms with Gasteiger partial charge >= 0.3 is 30.0 Å². The third-order valence-electron chi connectivity index (χ3n) is 6.99. The number of nitrogens with one attached hydrogen (secondary N) is 1. The van der Waals surface area contributed by atoms with Gasteiger partial charge in [-0.2, -0.15) is 0 Å². The zero-order chi connectivity index (χ0) is 31.3. The molecule has 1 aliphatic carbocycles. The molecule has 1 saturated heterocycles. The summed E-state index contributed by atoms with van der Waals surface area (Å²) in [5.41, 5.74) is 4.06. The van der Waals surface area contributed by atoms with Crippen LogP contribution in [0.3, 0.4) is 0 Å². The maximum absolute atomic E-state index is 12.7. The van der Waals surface area contributed by atoms with Gasteiger partial charge in [-0.15, -0.1) is 0 Å². The molecule has 2 aliphatic rings. The second kappa shape index (κ2) is 13.7. The third kappa shape index (κ3) is 7.48. The van der Waals surface area contributed by atoms with Crippen molar-refractivity contribution in [2.24, 2.45) is 0 Å². The van der Waals surface area contributed by atoms with E-state index >= 15 is 0 Å². The Balaban J connectivity index is 1.42. The topological polar surface area (TPSA) is 173 Å². The molecule has 1 fully saturated rings. The van der Waals surface area contributed by atoms with Crippen molar-refractivity contribution in [3.05, 3.63) is 59.7 Å². The van der Waals surface area contributed by atoms with E-state index in [0.29, 0.717) is 0 Å². The Kier molecular flexibility index (Phi) is 9.99. The highest BCUT2D eigenvalue weighted by Gasteiger charge is 2.51. The van der Waals surface area contributed by atoms with Gasteiger partial charge in [-0.1, -0.05) is 48.5 Å². The molecule has 1 amide bonds. The van der Waals surface area contributed by atoms with Gasteiger partial charge in [0, 0.05) is 26.7 Å². The number of benzene rings is 2. The van der Waals surface area contributed by atoms with Gasteiger partial charge in [-0.3, -0.25) is 14.4 Å². The van der Waals surface area contributed by atoms with Crippen molar-refractivity contribution in [1.29, 1.82) is 0 Å². The first-order chi connectivity index (χ1) is 20.5. The Labute approximate surface area is 247 Å². The van der Waals surface area contributed by atoms with E-state index in [0.717, 1.165) is 43.0 Å². The van der Waals surface area contributed by atoms with E-state index in [1.54, 1.807) is 0 Å². The van der Waals surface area contributed by atoms with E-state index in [1.165, 1.54) is 6.92 Å². The smallest absolute Gasteiger partial charge is 0.407 e. The highest BCUT2D eigenvalue weighted by atomic mass is 16.7. The van der Waals surface area contributed by atoms with Gasteiger partial charge in [0.25, 0.3) is 0 Å². The van der Waals surface area contributed by atoms with Crippen LogP contribution in [0.25, 0.3) is 11.1 Å². The SMILES string of the molecule is CC(=O)O[C@H]1[C@H](OC(C)=O)[C@H](OC[C@H](NC(=O)OCC2c3ccccc3-c3ccccc32)C(=O)O)O[C@@H](C)[C@H]1OC(C)=O. The lowest BCUT2D eigenvalue weighted by Crippen LogP contribution is -2.61. The molecule has 2 N–H and O–H groups in total. The summed E-state index contributed by atoms with van der Waals surface area (Å²) >= 11 is 0. The molecule has 2 aromatic rings. The van der Waals surface area contributed by atoms with Crippen LogP contribution in [0.15, 0.2) is 48.5 Å². The average Bonchev–Trinajstić information content (AvgIpc) is 3.26. The van der Waals surface area contributed by atoms with E-state index in [-0.39, 0.29) is 12.5 Å². The third-order valence-corrected chi connectivity index (χ3v) is 6.99. The van der Waals surface area contributed by atoms with Crippen molar-refractivity contribution in [1.82, 2.24) is 5.32 Å². The van der Waals surface area contributed by atoms with Crippen LogP contribution >= 0.6 is 0 Å². The summed E-state index contributed by atoms with van der Waals surface area (Å²) in [5.74, 6) is -3.91. The molecule has 2 aromatic carbocycles. The van der Waals surface area contributed by atoms with Crippen LogP contribution < -0.4 is 5.32 Å². The number of esters is 3. The molecular weight excluding hydrogens is 566 g/mol. The van der Waals surface area contributed by atoms with Crippen LogP contribution in [-0.4, -0.2) is 85.0 Å². The monoisotopic (exact) mass is 599 g/mol. The maximum atomic E-state index is 12.7. The molecule has 13 heteroatoms. The molecule has 43 heavy (non-hydrogen) atoms. The molecule has 0 unspecified atom stereocenters. The van der Waals surface area contributed by atoms with Gasteiger partial charge in [0.15, 0.2) is 30.6 Å². The quantitative estimate of drug-likeness (QED) is 0.302. The summed E-state index contributed by atoms with van der Waals surface area (Å²) in [4.78, 5) is 60.1. The zero-order valence-electron chi connectivity index (χ0n) is 24.0. The molecule has 0 saturated carbocycles. The first kappa shape index (κ1) is 31.4. The van der Waals surface area contributed by atoms with Crippen LogP contribution in [0, 0.1) is 0 Å². The second-order valence-electron chi connectivity index (χ2n) is 10.1. The number of fused-ring (bicyclic) bond motifs is 3. The number of amides is 1. The molecule has 0 radical (unpaired) electrons. The number of aliphatic carboxylic acids is 1. The van der Waals surface area contributed by atoms with Gasteiger partial charge in [0.05, 0.1) is 12.7 Å². The van der Waals surface area contributed by atoms with Crippen LogP contribution in [0.2, 0.25) is 0 Å². The Hall–Kier alpha value is -4.49. The number of carboxylic acid groups (broad SMARTS) is 1. The van der Waals surface area contributed by atoms with Crippen molar-refractivity contribution in [2.75, 3.05) is 13.2 Å². The first-order valence-electron chi connectivity index (χ1n) is 13.6. The van der Waals surface area contributed by atoms with Crippen LogP contribution in [0.1, 0.15) is 44.7 Å². The number of hydrogen-bond acceptors (Lipinski definition) is 11. The first-order valence-corrected chi connectivity index (χ1v) is 13.6. The Bertz CT molecular complexity index is 1330. The van der Waals surface area contributed by atoms with Gasteiger partial charge in [-0.25, -0.2) is 9.59 Å².